The number of anilines is 2. The number of nitrogens with zero attached hydrogens (tertiary/aromatic N) is 1. The summed E-state index contributed by atoms with van der Waals surface area (Å²) in [5.74, 6) is -0.867. The van der Waals surface area contributed by atoms with Gasteiger partial charge in [0, 0.05) is 10.7 Å². The van der Waals surface area contributed by atoms with Gasteiger partial charge in [0.2, 0.25) is 5.91 Å². The smallest absolute Gasteiger partial charge is 0.338 e. The van der Waals surface area contributed by atoms with Gasteiger partial charge in [-0.1, -0.05) is 31.0 Å². The second-order valence-electron chi connectivity index (χ2n) is 8.26. The highest BCUT2D eigenvalue weighted by atomic mass is 35.5. The summed E-state index contributed by atoms with van der Waals surface area (Å²) in [5, 5.41) is 3.10. The summed E-state index contributed by atoms with van der Waals surface area (Å²) in [7, 11) is -2.82. The van der Waals surface area contributed by atoms with Gasteiger partial charge in [0.25, 0.3) is 10.0 Å². The van der Waals surface area contributed by atoms with Crippen molar-refractivity contribution in [2.45, 2.75) is 31.6 Å². The van der Waals surface area contributed by atoms with Crippen LogP contribution in [-0.2, 0) is 19.6 Å². The number of amides is 1. The lowest BCUT2D eigenvalue weighted by Crippen LogP contribution is -2.38. The number of carbonyl (C=O) groups excluding carboxylic acids is 2. The predicted octanol–water partition coefficient (Wildman–Crippen LogP) is 5.45. The van der Waals surface area contributed by atoms with E-state index in [1.807, 2.05) is 6.92 Å². The molecule has 8 nitrogen and oxygen atoms in total. The number of ether oxygens (including phenoxy) is 2. The van der Waals surface area contributed by atoms with Crippen LogP contribution in [0.15, 0.2) is 71.6 Å². The number of aryl methyl sites for hydroxylation is 1. The molecular formula is C27H29ClN2O6S. The van der Waals surface area contributed by atoms with Crippen molar-refractivity contribution >= 4 is 44.9 Å². The van der Waals surface area contributed by atoms with Crippen molar-refractivity contribution in [3.63, 3.8) is 0 Å². The fourth-order valence-corrected chi connectivity index (χ4v) is 5.23. The lowest BCUT2D eigenvalue weighted by molar-refractivity contribution is -0.114. The summed E-state index contributed by atoms with van der Waals surface area (Å²) < 4.78 is 39.0. The number of unbranched alkanes of at least 4 members (excludes halogenated alkanes) is 1. The Bertz CT molecular complexity index is 1340. The van der Waals surface area contributed by atoms with Crippen molar-refractivity contribution in [2.75, 3.05) is 29.9 Å². The average molecular weight is 545 g/mol. The summed E-state index contributed by atoms with van der Waals surface area (Å²) in [6, 6.07) is 17.1. The molecule has 0 unspecified atom stereocenters. The Hall–Kier alpha value is -3.56. The van der Waals surface area contributed by atoms with Crippen LogP contribution in [0.1, 0.15) is 35.7 Å². The third kappa shape index (κ3) is 7.24. The molecule has 1 amide bonds. The Balaban J connectivity index is 1.84. The minimum atomic E-state index is -4.21. The quantitative estimate of drug-likeness (QED) is 0.254. The second kappa shape index (κ2) is 12.6. The van der Waals surface area contributed by atoms with Crippen molar-refractivity contribution in [3.8, 4) is 5.75 Å². The van der Waals surface area contributed by atoms with Gasteiger partial charge < -0.3 is 14.8 Å². The number of methoxy groups -OCH3 is 1. The molecule has 0 saturated carbocycles. The molecule has 0 aromatic heterocycles. The third-order valence-corrected chi connectivity index (χ3v) is 7.47. The molecule has 0 radical (unpaired) electrons. The minimum absolute atomic E-state index is 0.0660. The van der Waals surface area contributed by atoms with Gasteiger partial charge in [-0.25, -0.2) is 13.2 Å². The summed E-state index contributed by atoms with van der Waals surface area (Å²) in [6.45, 7) is 3.60. The molecule has 0 saturated heterocycles. The zero-order valence-corrected chi connectivity index (χ0v) is 22.4. The number of esters is 1. The van der Waals surface area contributed by atoms with Crippen LogP contribution in [0, 0.1) is 6.92 Å². The van der Waals surface area contributed by atoms with Gasteiger partial charge in [0.1, 0.15) is 17.2 Å². The Kier molecular flexibility index (Phi) is 9.54. The Morgan fingerprint density at radius 3 is 2.30 bits per heavy atom. The number of rotatable bonds is 11. The summed E-state index contributed by atoms with van der Waals surface area (Å²) in [4.78, 5) is 25.0. The lowest BCUT2D eigenvalue weighted by Gasteiger charge is -2.25. The van der Waals surface area contributed by atoms with Crippen molar-refractivity contribution in [1.82, 2.24) is 0 Å². The summed E-state index contributed by atoms with van der Waals surface area (Å²) in [6.07, 6.45) is 1.69. The number of hydrogen-bond donors (Lipinski definition) is 1. The molecule has 0 atom stereocenters. The first-order valence-electron chi connectivity index (χ1n) is 11.7. The fraction of sp³-hybridized carbons (Fsp3) is 0.259. The van der Waals surface area contributed by atoms with E-state index < -0.39 is 28.4 Å². The van der Waals surface area contributed by atoms with Gasteiger partial charge in [-0.05, 0) is 79.6 Å². The largest absolute Gasteiger partial charge is 0.495 e. The molecule has 0 heterocycles. The van der Waals surface area contributed by atoms with Crippen molar-refractivity contribution in [3.05, 3.63) is 82.9 Å². The van der Waals surface area contributed by atoms with Crippen LogP contribution in [0.4, 0.5) is 11.4 Å². The average Bonchev–Trinajstić information content (AvgIpc) is 2.88. The zero-order valence-electron chi connectivity index (χ0n) is 20.9. The third-order valence-electron chi connectivity index (χ3n) is 5.42. The minimum Gasteiger partial charge on any atom is -0.495 e. The van der Waals surface area contributed by atoms with E-state index in [-0.39, 0.29) is 16.3 Å². The van der Waals surface area contributed by atoms with E-state index in [1.54, 1.807) is 43.3 Å². The molecule has 196 valence electrons. The Labute approximate surface area is 222 Å². The van der Waals surface area contributed by atoms with Crippen molar-refractivity contribution < 1.29 is 27.5 Å². The number of carbonyl (C=O) groups is 2. The van der Waals surface area contributed by atoms with Crippen LogP contribution < -0.4 is 14.4 Å². The van der Waals surface area contributed by atoms with E-state index >= 15 is 0 Å². The first-order valence-corrected chi connectivity index (χ1v) is 13.5. The van der Waals surface area contributed by atoms with E-state index in [4.69, 9.17) is 21.1 Å². The molecule has 10 heteroatoms. The molecule has 3 rings (SSSR count). The van der Waals surface area contributed by atoms with Crippen LogP contribution in [0.5, 0.6) is 5.75 Å². The van der Waals surface area contributed by atoms with Gasteiger partial charge in [0.05, 0.1) is 25.0 Å². The lowest BCUT2D eigenvalue weighted by atomic mass is 10.2. The van der Waals surface area contributed by atoms with Crippen molar-refractivity contribution in [2.24, 2.45) is 0 Å². The molecule has 1 N–H and O–H groups in total. The SMILES string of the molecule is CCCCOC(=O)c1ccc(NC(=O)CN(c2ccc(Cl)cc2)S(=O)(=O)c2cc(C)ccc2OC)cc1. The van der Waals surface area contributed by atoms with Crippen LogP contribution in [-0.4, -0.2) is 40.6 Å². The summed E-state index contributed by atoms with van der Waals surface area (Å²) >= 11 is 6.00. The van der Waals surface area contributed by atoms with Crippen LogP contribution in [0.3, 0.4) is 0 Å². The van der Waals surface area contributed by atoms with Gasteiger partial charge in [-0.3, -0.25) is 9.10 Å². The maximum absolute atomic E-state index is 13.7. The highest BCUT2D eigenvalue weighted by Gasteiger charge is 2.30. The highest BCUT2D eigenvalue weighted by molar-refractivity contribution is 7.93. The van der Waals surface area contributed by atoms with E-state index in [1.165, 1.54) is 37.4 Å². The predicted molar refractivity (Wildman–Crippen MR) is 144 cm³/mol. The van der Waals surface area contributed by atoms with Crippen LogP contribution in [0.25, 0.3) is 0 Å². The molecule has 0 aliphatic heterocycles. The molecule has 0 spiro atoms. The number of halogens is 1. The number of nitrogens with one attached hydrogen (secondary N) is 1. The number of hydrogen-bond acceptors (Lipinski definition) is 6. The van der Waals surface area contributed by atoms with Crippen LogP contribution in [0.2, 0.25) is 5.02 Å². The van der Waals surface area contributed by atoms with E-state index in [0.29, 0.717) is 28.4 Å². The first-order chi connectivity index (χ1) is 17.6. The first kappa shape index (κ1) is 28.0. The van der Waals surface area contributed by atoms with E-state index in [0.717, 1.165) is 17.1 Å². The van der Waals surface area contributed by atoms with Crippen LogP contribution >= 0.6 is 11.6 Å². The monoisotopic (exact) mass is 544 g/mol. The Morgan fingerprint density at radius 1 is 1.00 bits per heavy atom. The van der Waals surface area contributed by atoms with Gasteiger partial charge >= 0.3 is 5.97 Å². The molecule has 37 heavy (non-hydrogen) atoms. The fourth-order valence-electron chi connectivity index (χ4n) is 3.44. The molecular weight excluding hydrogens is 516 g/mol. The second-order valence-corrected chi connectivity index (χ2v) is 10.5. The Morgan fingerprint density at radius 2 is 1.68 bits per heavy atom. The van der Waals surface area contributed by atoms with E-state index in [2.05, 4.69) is 5.32 Å². The van der Waals surface area contributed by atoms with Gasteiger partial charge in [-0.2, -0.15) is 0 Å². The standard InChI is InChI=1S/C27H29ClN2O6S/c1-4-5-16-36-27(32)20-7-11-22(12-8-20)29-26(31)18-30(23-13-9-21(28)10-14-23)37(33,34)25-17-19(2)6-15-24(25)35-3/h6-15,17H,4-5,16,18H2,1-3H3,(H,29,31). The maximum Gasteiger partial charge on any atom is 0.338 e. The van der Waals surface area contributed by atoms with Gasteiger partial charge in [-0.15, -0.1) is 0 Å². The maximum atomic E-state index is 13.7. The molecule has 3 aromatic rings. The topological polar surface area (TPSA) is 102 Å². The number of sulfonamides is 1. The molecule has 0 fully saturated rings. The molecule has 0 bridgehead atoms. The molecule has 0 aliphatic carbocycles. The highest BCUT2D eigenvalue weighted by Crippen LogP contribution is 2.31. The molecule has 0 aliphatic rings. The molecule has 3 aromatic carbocycles. The van der Waals surface area contributed by atoms with Crippen molar-refractivity contribution in [1.29, 1.82) is 0 Å². The number of benzene rings is 3. The normalized spacial score (nSPS) is 11.0. The van der Waals surface area contributed by atoms with Gasteiger partial charge in [0.15, 0.2) is 0 Å². The zero-order chi connectivity index (χ0) is 27.0. The van der Waals surface area contributed by atoms with E-state index in [9.17, 15) is 18.0 Å². The summed E-state index contributed by atoms with van der Waals surface area (Å²) in [5.41, 5.74) is 1.73.